The van der Waals surface area contributed by atoms with E-state index in [9.17, 15) is 4.79 Å². The average molecular weight is 364 g/mol. The summed E-state index contributed by atoms with van der Waals surface area (Å²) in [6, 6.07) is 2.14. The van der Waals surface area contributed by atoms with Crippen LogP contribution in [0.5, 0.6) is 0 Å². The number of carbonyl (C=O) groups is 1. The second-order valence-electron chi connectivity index (χ2n) is 7.55. The number of aromatic nitrogens is 2. The zero-order valence-corrected chi connectivity index (χ0v) is 16.2. The summed E-state index contributed by atoms with van der Waals surface area (Å²) in [4.78, 5) is 16.7. The van der Waals surface area contributed by atoms with Crippen molar-refractivity contribution in [2.24, 2.45) is 5.92 Å². The highest BCUT2D eigenvalue weighted by atomic mass is 16.5. The van der Waals surface area contributed by atoms with Crippen LogP contribution in [-0.2, 0) is 29.2 Å². The summed E-state index contributed by atoms with van der Waals surface area (Å²) in [5.41, 5.74) is 2.20. The molecule has 0 radical (unpaired) electrons. The molecular weight excluding hydrogens is 330 g/mol. The molecule has 7 nitrogen and oxygen atoms in total. The quantitative estimate of drug-likeness (QED) is 0.786. The third kappa shape index (κ3) is 5.28. The van der Waals surface area contributed by atoms with Crippen LogP contribution in [0.2, 0.25) is 0 Å². The van der Waals surface area contributed by atoms with Crippen LogP contribution in [0.4, 0.5) is 0 Å². The topological polar surface area (TPSA) is 62.6 Å². The van der Waals surface area contributed by atoms with Crippen LogP contribution in [-0.4, -0.2) is 71.9 Å². The largest absolute Gasteiger partial charge is 0.375 e. The number of nitrogens with zero attached hydrogens (tertiary/aromatic N) is 4. The van der Waals surface area contributed by atoms with Gasteiger partial charge in [-0.3, -0.25) is 14.4 Å². The van der Waals surface area contributed by atoms with E-state index in [0.29, 0.717) is 6.54 Å². The number of hydrogen-bond acceptors (Lipinski definition) is 5. The molecule has 1 saturated heterocycles. The first-order valence-corrected chi connectivity index (χ1v) is 9.94. The van der Waals surface area contributed by atoms with Crippen molar-refractivity contribution < 1.29 is 9.53 Å². The zero-order chi connectivity index (χ0) is 18.4. The number of amides is 1. The predicted octanol–water partition coefficient (Wildman–Crippen LogP) is 1.08. The molecule has 26 heavy (non-hydrogen) atoms. The van der Waals surface area contributed by atoms with Crippen molar-refractivity contribution in [2.75, 3.05) is 46.4 Å². The van der Waals surface area contributed by atoms with Gasteiger partial charge in [-0.25, -0.2) is 0 Å². The van der Waals surface area contributed by atoms with Crippen LogP contribution in [0.15, 0.2) is 6.07 Å². The van der Waals surface area contributed by atoms with Crippen molar-refractivity contribution in [3.8, 4) is 0 Å². The van der Waals surface area contributed by atoms with E-state index in [0.717, 1.165) is 37.7 Å². The van der Waals surface area contributed by atoms with Gasteiger partial charge in [0.15, 0.2) is 0 Å². The minimum atomic E-state index is -0.102. The summed E-state index contributed by atoms with van der Waals surface area (Å²) in [6.45, 7) is 10.7. The Balaban J connectivity index is 1.54. The highest BCUT2D eigenvalue weighted by molar-refractivity contribution is 5.77. The third-order valence-electron chi connectivity index (χ3n) is 5.45. The fourth-order valence-corrected chi connectivity index (χ4v) is 4.15. The van der Waals surface area contributed by atoms with Crippen molar-refractivity contribution >= 4 is 5.91 Å². The maximum Gasteiger partial charge on any atom is 0.246 e. The number of nitrogens with one attached hydrogen (secondary N) is 1. The summed E-state index contributed by atoms with van der Waals surface area (Å²) in [6.07, 6.45) is 3.81. The standard InChI is InChI=1S/C19H33N5O2/c1-3-22-7-4-6-16(12-22)13-23-8-5-9-24-18(14-23)10-17(21-24)11-20-19(25)15-26-2/h10,16H,3-9,11-15H2,1-2H3,(H,20,25)/t16-/m0/s1. The van der Waals surface area contributed by atoms with Gasteiger partial charge in [-0.15, -0.1) is 0 Å². The van der Waals surface area contributed by atoms with Crippen molar-refractivity contribution in [3.63, 3.8) is 0 Å². The van der Waals surface area contributed by atoms with E-state index in [-0.39, 0.29) is 12.5 Å². The number of hydrogen-bond donors (Lipinski definition) is 1. The number of ether oxygens (including phenoxy) is 1. The van der Waals surface area contributed by atoms with Crippen molar-refractivity contribution in [1.82, 2.24) is 24.9 Å². The maximum atomic E-state index is 11.6. The van der Waals surface area contributed by atoms with E-state index in [1.807, 2.05) is 0 Å². The molecule has 1 atom stereocenters. The molecule has 1 amide bonds. The minimum absolute atomic E-state index is 0.0948. The van der Waals surface area contributed by atoms with Crippen molar-refractivity contribution in [3.05, 3.63) is 17.5 Å². The highest BCUT2D eigenvalue weighted by Crippen LogP contribution is 2.20. The Morgan fingerprint density at radius 2 is 2.15 bits per heavy atom. The lowest BCUT2D eigenvalue weighted by Crippen LogP contribution is -2.40. The number of likely N-dealkylation sites (tertiary alicyclic amines) is 1. The monoisotopic (exact) mass is 363 g/mol. The number of methoxy groups -OCH3 is 1. The molecule has 1 aromatic rings. The molecule has 7 heteroatoms. The molecule has 2 aliphatic rings. The van der Waals surface area contributed by atoms with E-state index < -0.39 is 0 Å². The van der Waals surface area contributed by atoms with Gasteiger partial charge in [-0.2, -0.15) is 5.10 Å². The zero-order valence-electron chi connectivity index (χ0n) is 16.2. The molecule has 2 aliphatic heterocycles. The highest BCUT2D eigenvalue weighted by Gasteiger charge is 2.23. The Bertz CT molecular complexity index is 588. The van der Waals surface area contributed by atoms with Gasteiger partial charge in [0.2, 0.25) is 5.91 Å². The van der Waals surface area contributed by atoms with Gasteiger partial charge in [0, 0.05) is 39.8 Å². The van der Waals surface area contributed by atoms with Gasteiger partial charge < -0.3 is 15.0 Å². The number of rotatable bonds is 7. The summed E-state index contributed by atoms with van der Waals surface area (Å²) in [5, 5.41) is 7.53. The molecule has 0 unspecified atom stereocenters. The fraction of sp³-hybridized carbons (Fsp3) is 0.789. The minimum Gasteiger partial charge on any atom is -0.375 e. The first-order chi connectivity index (χ1) is 12.7. The van der Waals surface area contributed by atoms with Gasteiger partial charge in [-0.05, 0) is 44.3 Å². The molecule has 3 heterocycles. The number of carbonyl (C=O) groups excluding carboxylic acids is 1. The molecule has 146 valence electrons. The van der Waals surface area contributed by atoms with E-state index in [1.54, 1.807) is 0 Å². The lowest BCUT2D eigenvalue weighted by Gasteiger charge is -2.34. The molecule has 1 aromatic heterocycles. The van der Waals surface area contributed by atoms with Crippen molar-refractivity contribution in [2.45, 2.75) is 45.8 Å². The number of piperidine rings is 1. The van der Waals surface area contributed by atoms with Gasteiger partial charge in [-0.1, -0.05) is 6.92 Å². The van der Waals surface area contributed by atoms with E-state index >= 15 is 0 Å². The fourth-order valence-electron chi connectivity index (χ4n) is 4.15. The van der Waals surface area contributed by atoms with Crippen LogP contribution < -0.4 is 5.32 Å². The van der Waals surface area contributed by atoms with Crippen LogP contribution in [0.3, 0.4) is 0 Å². The smallest absolute Gasteiger partial charge is 0.246 e. The Morgan fingerprint density at radius 3 is 2.96 bits per heavy atom. The summed E-state index contributed by atoms with van der Waals surface area (Å²) >= 11 is 0. The van der Waals surface area contributed by atoms with Gasteiger partial charge in [0.1, 0.15) is 6.61 Å². The van der Waals surface area contributed by atoms with E-state index in [1.165, 1.54) is 51.8 Å². The Morgan fingerprint density at radius 1 is 1.31 bits per heavy atom. The maximum absolute atomic E-state index is 11.6. The third-order valence-corrected chi connectivity index (χ3v) is 5.45. The van der Waals surface area contributed by atoms with Crippen LogP contribution in [0.25, 0.3) is 0 Å². The van der Waals surface area contributed by atoms with Crippen molar-refractivity contribution in [1.29, 1.82) is 0 Å². The summed E-state index contributed by atoms with van der Waals surface area (Å²) in [5.74, 6) is 0.682. The lowest BCUT2D eigenvalue weighted by molar-refractivity contribution is -0.124. The SMILES string of the molecule is CCN1CCC[C@H](CN2CCCn3nc(CNC(=O)COC)cc3C2)C1. The van der Waals surface area contributed by atoms with E-state index in [2.05, 4.69) is 37.9 Å². The first kappa shape index (κ1) is 19.3. The van der Waals surface area contributed by atoms with Crippen LogP contribution in [0, 0.1) is 5.92 Å². The average Bonchev–Trinajstić information content (AvgIpc) is 2.92. The molecule has 3 rings (SSSR count). The normalized spacial score (nSPS) is 22.0. The first-order valence-electron chi connectivity index (χ1n) is 9.94. The van der Waals surface area contributed by atoms with Crippen LogP contribution in [0.1, 0.15) is 37.6 Å². The molecule has 0 saturated carbocycles. The van der Waals surface area contributed by atoms with E-state index in [4.69, 9.17) is 4.74 Å². The van der Waals surface area contributed by atoms with Gasteiger partial charge in [0.25, 0.3) is 0 Å². The summed E-state index contributed by atoms with van der Waals surface area (Å²) in [7, 11) is 1.53. The molecule has 0 bridgehead atoms. The molecule has 0 spiro atoms. The van der Waals surface area contributed by atoms with Gasteiger partial charge in [0.05, 0.1) is 17.9 Å². The molecule has 0 aromatic carbocycles. The molecular formula is C19H33N5O2. The Labute approximate surface area is 156 Å². The Hall–Kier alpha value is -1.44. The number of fused-ring (bicyclic) bond motifs is 1. The Kier molecular flexibility index (Phi) is 7.05. The second-order valence-corrected chi connectivity index (χ2v) is 7.55. The summed E-state index contributed by atoms with van der Waals surface area (Å²) < 4.78 is 6.97. The molecule has 0 aliphatic carbocycles. The second kappa shape index (κ2) is 9.48. The molecule has 1 N–H and O–H groups in total. The lowest BCUT2D eigenvalue weighted by atomic mass is 9.97. The molecule has 1 fully saturated rings. The van der Waals surface area contributed by atoms with Crippen LogP contribution >= 0.6 is 0 Å². The van der Waals surface area contributed by atoms with Gasteiger partial charge >= 0.3 is 0 Å². The number of aryl methyl sites for hydroxylation is 1. The predicted molar refractivity (Wildman–Crippen MR) is 101 cm³/mol.